The number of rotatable bonds is 5. The Morgan fingerprint density at radius 1 is 1.24 bits per heavy atom. The van der Waals surface area contributed by atoms with Crippen LogP contribution in [0.15, 0.2) is 36.4 Å². The highest BCUT2D eigenvalue weighted by Gasteiger charge is 2.36. The average Bonchev–Trinajstić information content (AvgIpc) is 3.29. The summed E-state index contributed by atoms with van der Waals surface area (Å²) in [4.78, 5) is 31.3. The van der Waals surface area contributed by atoms with E-state index in [1.165, 1.54) is 18.4 Å². The minimum Gasteiger partial charge on any atom is -0.497 e. The highest BCUT2D eigenvalue weighted by molar-refractivity contribution is 7.22. The van der Waals surface area contributed by atoms with Crippen LogP contribution in [0.4, 0.5) is 10.8 Å². The van der Waals surface area contributed by atoms with Gasteiger partial charge < -0.3 is 19.7 Å². The molecule has 1 unspecified atom stereocenters. The van der Waals surface area contributed by atoms with Crippen LogP contribution < -0.4 is 19.7 Å². The molecular formula is C20H18ClN3O4S. The van der Waals surface area contributed by atoms with Gasteiger partial charge in [0.15, 0.2) is 5.13 Å². The van der Waals surface area contributed by atoms with Crippen molar-refractivity contribution in [1.82, 2.24) is 4.98 Å². The van der Waals surface area contributed by atoms with E-state index in [4.69, 9.17) is 21.1 Å². The Morgan fingerprint density at radius 2 is 2.07 bits per heavy atom. The molecule has 1 saturated heterocycles. The van der Waals surface area contributed by atoms with Crippen molar-refractivity contribution in [1.29, 1.82) is 0 Å². The van der Waals surface area contributed by atoms with Crippen LogP contribution in [0.25, 0.3) is 10.2 Å². The van der Waals surface area contributed by atoms with E-state index in [-0.39, 0.29) is 24.8 Å². The van der Waals surface area contributed by atoms with Crippen LogP contribution in [0, 0.1) is 5.92 Å². The lowest BCUT2D eigenvalue weighted by atomic mass is 10.1. The molecule has 2 amide bonds. The Labute approximate surface area is 176 Å². The number of anilines is 2. The van der Waals surface area contributed by atoms with Gasteiger partial charge in [0.25, 0.3) is 0 Å². The average molecular weight is 432 g/mol. The van der Waals surface area contributed by atoms with E-state index in [1.54, 1.807) is 48.4 Å². The Hall–Kier alpha value is -2.84. The second-order valence-corrected chi connectivity index (χ2v) is 8.03. The number of amides is 2. The van der Waals surface area contributed by atoms with Crippen LogP contribution in [0.3, 0.4) is 0 Å². The second-order valence-electron chi connectivity index (χ2n) is 6.56. The van der Waals surface area contributed by atoms with Crippen molar-refractivity contribution in [3.63, 3.8) is 0 Å². The van der Waals surface area contributed by atoms with Gasteiger partial charge in [0.2, 0.25) is 11.8 Å². The topological polar surface area (TPSA) is 80.8 Å². The number of thiazole rings is 1. The molecule has 1 N–H and O–H groups in total. The maximum atomic E-state index is 12.8. The van der Waals surface area contributed by atoms with Crippen molar-refractivity contribution in [2.24, 2.45) is 5.92 Å². The maximum absolute atomic E-state index is 12.8. The second kappa shape index (κ2) is 7.88. The zero-order valence-corrected chi connectivity index (χ0v) is 17.3. The van der Waals surface area contributed by atoms with Gasteiger partial charge in [0.05, 0.1) is 36.0 Å². The zero-order chi connectivity index (χ0) is 20.5. The maximum Gasteiger partial charge on any atom is 0.231 e. The van der Waals surface area contributed by atoms with E-state index in [1.807, 2.05) is 0 Å². The third-order valence-corrected chi connectivity index (χ3v) is 5.92. The lowest BCUT2D eigenvalue weighted by Crippen LogP contribution is -2.28. The van der Waals surface area contributed by atoms with Crippen molar-refractivity contribution >= 4 is 55.8 Å². The first-order valence-corrected chi connectivity index (χ1v) is 10.1. The number of carbonyl (C=O) groups excluding carboxylic acids is 2. The van der Waals surface area contributed by atoms with Crippen molar-refractivity contribution in [2.75, 3.05) is 31.0 Å². The number of ether oxygens (including phenoxy) is 2. The van der Waals surface area contributed by atoms with Gasteiger partial charge in [0.1, 0.15) is 11.5 Å². The standard InChI is InChI=1S/C20H18ClN3O4S/c1-27-13-4-6-16(28-2)15(9-13)24-10-11(7-18(24)25)19(26)23-20-22-14-5-3-12(21)8-17(14)29-20/h3-6,8-9,11H,7,10H2,1-2H3,(H,22,23,26). The Morgan fingerprint density at radius 3 is 2.83 bits per heavy atom. The molecule has 1 aliphatic heterocycles. The van der Waals surface area contributed by atoms with Crippen molar-refractivity contribution in [3.05, 3.63) is 41.4 Å². The number of benzene rings is 2. The Kier molecular flexibility index (Phi) is 5.29. The van der Waals surface area contributed by atoms with Crippen molar-refractivity contribution < 1.29 is 19.1 Å². The molecule has 0 aliphatic carbocycles. The molecule has 0 saturated carbocycles. The van der Waals surface area contributed by atoms with E-state index in [0.29, 0.717) is 27.3 Å². The number of nitrogens with one attached hydrogen (secondary N) is 1. The largest absolute Gasteiger partial charge is 0.497 e. The van der Waals surface area contributed by atoms with Gasteiger partial charge in [-0.25, -0.2) is 4.98 Å². The summed E-state index contributed by atoms with van der Waals surface area (Å²) in [5, 5.41) is 3.92. The number of methoxy groups -OCH3 is 2. The quantitative estimate of drug-likeness (QED) is 0.661. The van der Waals surface area contributed by atoms with Crippen LogP contribution in [-0.2, 0) is 9.59 Å². The molecule has 29 heavy (non-hydrogen) atoms. The van der Waals surface area contributed by atoms with Crippen molar-refractivity contribution in [2.45, 2.75) is 6.42 Å². The minimum absolute atomic E-state index is 0.114. The van der Waals surface area contributed by atoms with E-state index in [2.05, 4.69) is 10.3 Å². The van der Waals surface area contributed by atoms with Crippen LogP contribution in [0.2, 0.25) is 5.02 Å². The van der Waals surface area contributed by atoms with Crippen LogP contribution in [-0.4, -0.2) is 37.6 Å². The van der Waals surface area contributed by atoms with E-state index >= 15 is 0 Å². The summed E-state index contributed by atoms with van der Waals surface area (Å²) < 4.78 is 11.5. The molecule has 1 aromatic heterocycles. The highest BCUT2D eigenvalue weighted by atomic mass is 35.5. The molecule has 1 atom stereocenters. The monoisotopic (exact) mass is 431 g/mol. The summed E-state index contributed by atoms with van der Waals surface area (Å²) in [5.74, 6) is 0.271. The van der Waals surface area contributed by atoms with E-state index in [0.717, 1.165) is 10.2 Å². The number of nitrogens with zero attached hydrogens (tertiary/aromatic N) is 2. The smallest absolute Gasteiger partial charge is 0.231 e. The van der Waals surface area contributed by atoms with E-state index < -0.39 is 5.92 Å². The molecule has 0 radical (unpaired) electrons. The summed E-state index contributed by atoms with van der Waals surface area (Å²) in [6.45, 7) is 0.255. The Bertz CT molecular complexity index is 1100. The van der Waals surface area contributed by atoms with Crippen molar-refractivity contribution in [3.8, 4) is 11.5 Å². The molecule has 4 rings (SSSR count). The highest BCUT2D eigenvalue weighted by Crippen LogP contribution is 2.36. The van der Waals surface area contributed by atoms with Gasteiger partial charge in [-0.15, -0.1) is 0 Å². The number of fused-ring (bicyclic) bond motifs is 1. The summed E-state index contributed by atoms with van der Waals surface area (Å²) in [6, 6.07) is 10.6. The third-order valence-electron chi connectivity index (χ3n) is 4.75. The number of carbonyl (C=O) groups is 2. The van der Waals surface area contributed by atoms with E-state index in [9.17, 15) is 9.59 Å². The SMILES string of the molecule is COc1ccc(OC)c(N2CC(C(=O)Nc3nc4ccc(Cl)cc4s3)CC2=O)c1. The molecule has 2 heterocycles. The van der Waals surface area contributed by atoms with Crippen LogP contribution in [0.5, 0.6) is 11.5 Å². The lowest BCUT2D eigenvalue weighted by molar-refractivity contribution is -0.122. The summed E-state index contributed by atoms with van der Waals surface area (Å²) in [6.07, 6.45) is 0.114. The normalized spacial score (nSPS) is 16.3. The van der Waals surface area contributed by atoms with Gasteiger partial charge in [-0.2, -0.15) is 0 Å². The molecule has 1 fully saturated rings. The molecular weight excluding hydrogens is 414 g/mol. The van der Waals surface area contributed by atoms with Gasteiger partial charge in [-0.1, -0.05) is 22.9 Å². The molecule has 2 aromatic carbocycles. The van der Waals surface area contributed by atoms with Crippen LogP contribution in [0.1, 0.15) is 6.42 Å². The molecule has 0 spiro atoms. The molecule has 3 aromatic rings. The predicted molar refractivity (Wildman–Crippen MR) is 113 cm³/mol. The lowest BCUT2D eigenvalue weighted by Gasteiger charge is -2.20. The molecule has 7 nitrogen and oxygen atoms in total. The molecule has 1 aliphatic rings. The number of hydrogen-bond donors (Lipinski definition) is 1. The molecule has 0 bridgehead atoms. The summed E-state index contributed by atoms with van der Waals surface area (Å²) in [7, 11) is 3.09. The summed E-state index contributed by atoms with van der Waals surface area (Å²) in [5.41, 5.74) is 1.35. The number of hydrogen-bond acceptors (Lipinski definition) is 6. The summed E-state index contributed by atoms with van der Waals surface area (Å²) >= 11 is 7.35. The molecule has 9 heteroatoms. The predicted octanol–water partition coefficient (Wildman–Crippen LogP) is 3.96. The van der Waals surface area contributed by atoms with Gasteiger partial charge in [0, 0.05) is 24.1 Å². The fourth-order valence-corrected chi connectivity index (χ4v) is 4.43. The Balaban J connectivity index is 1.52. The zero-order valence-electron chi connectivity index (χ0n) is 15.8. The van der Waals surface area contributed by atoms with Gasteiger partial charge in [-0.3, -0.25) is 9.59 Å². The first kappa shape index (κ1) is 19.5. The third kappa shape index (κ3) is 3.86. The number of aromatic nitrogens is 1. The fourth-order valence-electron chi connectivity index (χ4n) is 3.28. The first-order chi connectivity index (χ1) is 14.0. The first-order valence-electron chi connectivity index (χ1n) is 8.88. The van der Waals surface area contributed by atoms with Gasteiger partial charge >= 0.3 is 0 Å². The van der Waals surface area contributed by atoms with Crippen LogP contribution >= 0.6 is 22.9 Å². The number of halogens is 1. The van der Waals surface area contributed by atoms with Gasteiger partial charge in [-0.05, 0) is 30.3 Å². The molecule has 150 valence electrons. The minimum atomic E-state index is -0.492. The fraction of sp³-hybridized carbons (Fsp3) is 0.250.